The highest BCUT2D eigenvalue weighted by atomic mass is 16.5. The zero-order valence-electron chi connectivity index (χ0n) is 12.3. The van der Waals surface area contributed by atoms with Crippen molar-refractivity contribution in [3.63, 3.8) is 0 Å². The molecule has 1 saturated heterocycles. The number of nitrogens with zero attached hydrogens (tertiary/aromatic N) is 3. The summed E-state index contributed by atoms with van der Waals surface area (Å²) in [5.41, 5.74) is 6.02. The van der Waals surface area contributed by atoms with Crippen molar-refractivity contribution in [3.8, 4) is 0 Å². The van der Waals surface area contributed by atoms with E-state index in [-0.39, 0.29) is 6.10 Å². The lowest BCUT2D eigenvalue weighted by Gasteiger charge is -2.32. The summed E-state index contributed by atoms with van der Waals surface area (Å²) in [7, 11) is 2.07. The first kappa shape index (κ1) is 14.0. The molecule has 20 heavy (non-hydrogen) atoms. The van der Waals surface area contributed by atoms with Gasteiger partial charge in [-0.2, -0.15) is 4.98 Å². The lowest BCUT2D eigenvalue weighted by Crippen LogP contribution is -2.40. The van der Waals surface area contributed by atoms with Crippen LogP contribution in [-0.2, 0) is 10.3 Å². The molecule has 0 spiro atoms. The number of aromatic nitrogens is 2. The molecule has 1 aliphatic carbocycles. The maximum Gasteiger partial charge on any atom is 0.246 e. The predicted octanol–water partition coefficient (Wildman–Crippen LogP) is 1.44. The van der Waals surface area contributed by atoms with Crippen LogP contribution in [0, 0.1) is 5.92 Å². The van der Waals surface area contributed by atoms with E-state index in [4.69, 9.17) is 15.0 Å². The number of rotatable bonds is 2. The zero-order valence-corrected chi connectivity index (χ0v) is 12.3. The molecule has 2 N–H and O–H groups in total. The number of morpholine rings is 1. The normalized spacial score (nSPS) is 36.1. The van der Waals surface area contributed by atoms with Gasteiger partial charge in [0.05, 0.1) is 12.1 Å². The lowest BCUT2D eigenvalue weighted by molar-refractivity contribution is -0.0264. The average Bonchev–Trinajstić information content (AvgIpc) is 2.93. The highest BCUT2D eigenvalue weighted by Gasteiger charge is 2.38. The molecule has 1 aliphatic heterocycles. The molecular weight excluding hydrogens is 256 g/mol. The second-order valence-electron chi connectivity index (χ2n) is 6.42. The van der Waals surface area contributed by atoms with Gasteiger partial charge in [0.1, 0.15) is 6.10 Å². The third-order valence-electron chi connectivity index (χ3n) is 4.59. The number of hydrogen-bond acceptors (Lipinski definition) is 6. The maximum atomic E-state index is 6.47. The summed E-state index contributed by atoms with van der Waals surface area (Å²) in [4.78, 5) is 6.75. The number of ether oxygens (including phenoxy) is 1. The third kappa shape index (κ3) is 2.73. The summed E-state index contributed by atoms with van der Waals surface area (Å²) in [6, 6.07) is 0. The summed E-state index contributed by atoms with van der Waals surface area (Å²) < 4.78 is 11.2. The second-order valence-corrected chi connectivity index (χ2v) is 6.42. The van der Waals surface area contributed by atoms with Gasteiger partial charge in [-0.1, -0.05) is 12.1 Å². The van der Waals surface area contributed by atoms with E-state index in [0.29, 0.717) is 18.3 Å². The number of likely N-dealkylation sites (N-methyl/N-ethyl adjacent to an activating group) is 1. The lowest BCUT2D eigenvalue weighted by atomic mass is 9.78. The van der Waals surface area contributed by atoms with Crippen molar-refractivity contribution in [2.75, 3.05) is 26.7 Å². The van der Waals surface area contributed by atoms with E-state index >= 15 is 0 Å². The Morgan fingerprint density at radius 1 is 1.35 bits per heavy atom. The molecule has 2 fully saturated rings. The summed E-state index contributed by atoms with van der Waals surface area (Å²) in [5.74, 6) is 1.95. The van der Waals surface area contributed by atoms with Crippen molar-refractivity contribution in [2.24, 2.45) is 11.7 Å². The van der Waals surface area contributed by atoms with E-state index in [0.717, 1.165) is 44.7 Å². The third-order valence-corrected chi connectivity index (χ3v) is 4.59. The maximum absolute atomic E-state index is 6.47. The minimum absolute atomic E-state index is 0.0997. The molecule has 6 nitrogen and oxygen atoms in total. The molecule has 1 unspecified atom stereocenters. The molecule has 2 heterocycles. The van der Waals surface area contributed by atoms with Gasteiger partial charge in [0.2, 0.25) is 11.7 Å². The molecular formula is C14H24N4O2. The van der Waals surface area contributed by atoms with Crippen molar-refractivity contribution < 1.29 is 9.26 Å². The van der Waals surface area contributed by atoms with Gasteiger partial charge >= 0.3 is 0 Å². The van der Waals surface area contributed by atoms with Gasteiger partial charge in [0.15, 0.2) is 0 Å². The molecule has 0 radical (unpaired) electrons. The summed E-state index contributed by atoms with van der Waals surface area (Å²) in [6.45, 7) is 4.72. The van der Waals surface area contributed by atoms with Gasteiger partial charge in [-0.25, -0.2) is 0 Å². The first-order valence-electron chi connectivity index (χ1n) is 7.50. The van der Waals surface area contributed by atoms with E-state index in [1.807, 2.05) is 0 Å². The predicted molar refractivity (Wildman–Crippen MR) is 74.0 cm³/mol. The minimum Gasteiger partial charge on any atom is -0.367 e. The van der Waals surface area contributed by atoms with Crippen LogP contribution >= 0.6 is 0 Å². The minimum atomic E-state index is -0.446. The highest BCUT2D eigenvalue weighted by Crippen LogP contribution is 2.37. The van der Waals surface area contributed by atoms with Crippen LogP contribution in [0.1, 0.15) is 50.4 Å². The molecule has 2 aliphatic rings. The summed E-state index contributed by atoms with van der Waals surface area (Å²) in [6.07, 6.45) is 3.98. The number of nitrogens with two attached hydrogens (primary N) is 1. The Balaban J connectivity index is 1.73. The molecule has 1 aromatic heterocycles. The number of hydrogen-bond donors (Lipinski definition) is 1. The first-order chi connectivity index (χ1) is 9.57. The molecule has 0 bridgehead atoms. The van der Waals surface area contributed by atoms with Gasteiger partial charge in [-0.05, 0) is 38.6 Å². The highest BCUT2D eigenvalue weighted by molar-refractivity contribution is 5.05. The molecule has 0 aromatic carbocycles. The second kappa shape index (κ2) is 5.42. The molecule has 1 aromatic rings. The summed E-state index contributed by atoms with van der Waals surface area (Å²) >= 11 is 0. The smallest absolute Gasteiger partial charge is 0.246 e. The Labute approximate surface area is 119 Å². The Kier molecular flexibility index (Phi) is 3.79. The van der Waals surface area contributed by atoms with Crippen molar-refractivity contribution >= 4 is 0 Å². The van der Waals surface area contributed by atoms with Gasteiger partial charge in [0.25, 0.3) is 0 Å². The van der Waals surface area contributed by atoms with Crippen LogP contribution in [0.5, 0.6) is 0 Å². The van der Waals surface area contributed by atoms with E-state index in [1.165, 1.54) is 0 Å². The van der Waals surface area contributed by atoms with Crippen LogP contribution in [0.3, 0.4) is 0 Å². The van der Waals surface area contributed by atoms with E-state index < -0.39 is 5.54 Å². The van der Waals surface area contributed by atoms with Crippen LogP contribution in [0.25, 0.3) is 0 Å². The van der Waals surface area contributed by atoms with Gasteiger partial charge in [-0.15, -0.1) is 0 Å². The largest absolute Gasteiger partial charge is 0.367 e. The quantitative estimate of drug-likeness (QED) is 0.883. The van der Waals surface area contributed by atoms with Crippen LogP contribution in [-0.4, -0.2) is 41.8 Å². The van der Waals surface area contributed by atoms with Crippen LogP contribution in [0.15, 0.2) is 4.52 Å². The molecule has 1 atom stereocenters. The average molecular weight is 280 g/mol. The fourth-order valence-corrected chi connectivity index (χ4v) is 2.99. The molecule has 6 heteroatoms. The van der Waals surface area contributed by atoms with Gasteiger partial charge in [0, 0.05) is 13.1 Å². The zero-order chi connectivity index (χ0) is 14.2. The van der Waals surface area contributed by atoms with Crippen molar-refractivity contribution in [3.05, 3.63) is 11.7 Å². The Bertz CT molecular complexity index is 454. The Morgan fingerprint density at radius 3 is 2.80 bits per heavy atom. The monoisotopic (exact) mass is 280 g/mol. The SMILES string of the molecule is CC1CCC(N)(c2nc(C3CN(C)CCO3)no2)CC1. The van der Waals surface area contributed by atoms with E-state index in [1.54, 1.807) is 0 Å². The van der Waals surface area contributed by atoms with Crippen LogP contribution in [0.4, 0.5) is 0 Å². The Hall–Kier alpha value is -0.980. The summed E-state index contributed by atoms with van der Waals surface area (Å²) in [5, 5.41) is 4.10. The topological polar surface area (TPSA) is 77.4 Å². The van der Waals surface area contributed by atoms with E-state index in [2.05, 4.69) is 29.0 Å². The van der Waals surface area contributed by atoms with Crippen LogP contribution < -0.4 is 5.73 Å². The molecule has 1 saturated carbocycles. The molecule has 112 valence electrons. The van der Waals surface area contributed by atoms with Crippen molar-refractivity contribution in [2.45, 2.75) is 44.2 Å². The van der Waals surface area contributed by atoms with Gasteiger partial charge in [-0.3, -0.25) is 0 Å². The molecule has 0 amide bonds. The van der Waals surface area contributed by atoms with Crippen LogP contribution in [0.2, 0.25) is 0 Å². The fraction of sp³-hybridized carbons (Fsp3) is 0.857. The molecule has 3 rings (SSSR count). The fourth-order valence-electron chi connectivity index (χ4n) is 2.99. The van der Waals surface area contributed by atoms with Gasteiger partial charge < -0.3 is 19.9 Å². The van der Waals surface area contributed by atoms with Crippen molar-refractivity contribution in [1.29, 1.82) is 0 Å². The van der Waals surface area contributed by atoms with Crippen molar-refractivity contribution in [1.82, 2.24) is 15.0 Å². The first-order valence-corrected chi connectivity index (χ1v) is 7.50. The standard InChI is InChI=1S/C14H24N4O2/c1-10-3-5-14(15,6-4-10)13-16-12(17-20-13)11-9-18(2)7-8-19-11/h10-11H,3-9,15H2,1-2H3. The van der Waals surface area contributed by atoms with E-state index in [9.17, 15) is 0 Å². The Morgan fingerprint density at radius 2 is 2.10 bits per heavy atom.